The molecule has 1 saturated heterocycles. The molecule has 0 radical (unpaired) electrons. The van der Waals surface area contributed by atoms with Crippen LogP contribution in [0.1, 0.15) is 36.1 Å². The van der Waals surface area contributed by atoms with Gasteiger partial charge in [0.25, 0.3) is 0 Å². The number of alkyl halides is 4. The van der Waals surface area contributed by atoms with Gasteiger partial charge in [0.1, 0.15) is 5.82 Å². The monoisotopic (exact) mass is 494 g/mol. The maximum Gasteiger partial charge on any atom is 0.401 e. The van der Waals surface area contributed by atoms with Crippen LogP contribution < -0.4 is 5.32 Å². The standard InChI is InChI=1S/C24H27F5N6/c1-14-9-18-16(3-5-20-19(18)10-30-33-20)22(35(14)13-24(27,28)29)17-4-6-21(26)32-23(17)31-15-11-34(12-15)8-2-7-25/h3-6,10,14-15,22H,2,7-9,11-13H2,1H3,(H,30,33)(H,31,32)/t14-,22+/m1/s1. The van der Waals surface area contributed by atoms with Gasteiger partial charge in [0, 0.05) is 36.6 Å². The van der Waals surface area contributed by atoms with Gasteiger partial charge in [0.15, 0.2) is 0 Å². The Morgan fingerprint density at radius 3 is 2.66 bits per heavy atom. The van der Waals surface area contributed by atoms with Crippen molar-refractivity contribution in [1.29, 1.82) is 0 Å². The van der Waals surface area contributed by atoms with Gasteiger partial charge in [-0.1, -0.05) is 6.07 Å². The number of pyridine rings is 1. The number of benzene rings is 1. The summed E-state index contributed by atoms with van der Waals surface area (Å²) in [5.74, 6) is -0.466. The molecule has 1 aromatic carbocycles. The van der Waals surface area contributed by atoms with Crippen LogP contribution in [0.2, 0.25) is 0 Å². The van der Waals surface area contributed by atoms with Gasteiger partial charge in [0.05, 0.1) is 37.0 Å². The molecule has 2 aliphatic rings. The highest BCUT2D eigenvalue weighted by atomic mass is 19.4. The highest BCUT2D eigenvalue weighted by Crippen LogP contribution is 2.43. The minimum atomic E-state index is -4.41. The summed E-state index contributed by atoms with van der Waals surface area (Å²) in [6.07, 6.45) is -1.83. The lowest BCUT2D eigenvalue weighted by Gasteiger charge is -2.44. The topological polar surface area (TPSA) is 60.1 Å². The Kier molecular flexibility index (Phi) is 6.39. The van der Waals surface area contributed by atoms with E-state index in [0.717, 1.165) is 22.0 Å². The minimum Gasteiger partial charge on any atom is -0.364 e. The normalized spacial score (nSPS) is 21.8. The summed E-state index contributed by atoms with van der Waals surface area (Å²) in [5.41, 5.74) is 2.98. The van der Waals surface area contributed by atoms with Gasteiger partial charge in [-0.25, -0.2) is 4.98 Å². The Labute approximate surface area is 199 Å². The van der Waals surface area contributed by atoms with Crippen LogP contribution in [-0.4, -0.2) is 76.1 Å². The number of H-pyrrole nitrogens is 1. The van der Waals surface area contributed by atoms with E-state index in [9.17, 15) is 22.0 Å². The Balaban J connectivity index is 1.54. The van der Waals surface area contributed by atoms with Crippen molar-refractivity contribution in [2.45, 2.75) is 44.1 Å². The molecule has 35 heavy (non-hydrogen) atoms. The molecule has 2 atom stereocenters. The van der Waals surface area contributed by atoms with E-state index in [0.29, 0.717) is 38.0 Å². The van der Waals surface area contributed by atoms with Crippen molar-refractivity contribution in [2.75, 3.05) is 38.2 Å². The molecule has 11 heteroatoms. The Hall–Kier alpha value is -2.79. The quantitative estimate of drug-likeness (QED) is 0.376. The first-order valence-corrected chi connectivity index (χ1v) is 11.7. The summed E-state index contributed by atoms with van der Waals surface area (Å²) in [6, 6.07) is 5.12. The average molecular weight is 495 g/mol. The first kappa shape index (κ1) is 23.9. The molecule has 1 fully saturated rings. The number of halogens is 5. The fourth-order valence-corrected chi connectivity index (χ4v) is 5.33. The maximum absolute atomic E-state index is 14.2. The van der Waals surface area contributed by atoms with Crippen molar-refractivity contribution in [3.05, 3.63) is 53.1 Å². The molecule has 0 spiro atoms. The molecule has 2 N–H and O–H groups in total. The minimum absolute atomic E-state index is 0.0458. The predicted octanol–water partition coefficient (Wildman–Crippen LogP) is 4.45. The molecule has 2 aliphatic heterocycles. The van der Waals surface area contributed by atoms with Gasteiger partial charge in [0.2, 0.25) is 5.95 Å². The summed E-state index contributed by atoms with van der Waals surface area (Å²) in [5, 5.41) is 11.1. The van der Waals surface area contributed by atoms with E-state index in [4.69, 9.17) is 0 Å². The Morgan fingerprint density at radius 1 is 1.14 bits per heavy atom. The Bertz CT molecular complexity index is 1190. The van der Waals surface area contributed by atoms with E-state index in [-0.39, 0.29) is 18.5 Å². The van der Waals surface area contributed by atoms with Crippen LogP contribution in [0.5, 0.6) is 0 Å². The number of fused-ring (bicyclic) bond motifs is 3. The first-order chi connectivity index (χ1) is 16.7. The van der Waals surface area contributed by atoms with Gasteiger partial charge < -0.3 is 5.32 Å². The number of aromatic amines is 1. The van der Waals surface area contributed by atoms with Crippen molar-refractivity contribution in [1.82, 2.24) is 25.0 Å². The number of hydrogen-bond donors (Lipinski definition) is 2. The largest absolute Gasteiger partial charge is 0.401 e. The zero-order valence-electron chi connectivity index (χ0n) is 19.2. The zero-order chi connectivity index (χ0) is 24.7. The van der Waals surface area contributed by atoms with Gasteiger partial charge in [-0.15, -0.1) is 0 Å². The van der Waals surface area contributed by atoms with E-state index in [2.05, 4.69) is 25.4 Å². The maximum atomic E-state index is 14.2. The molecule has 0 bridgehead atoms. The molecule has 6 nitrogen and oxygen atoms in total. The fourth-order valence-electron chi connectivity index (χ4n) is 5.33. The van der Waals surface area contributed by atoms with E-state index in [1.54, 1.807) is 13.1 Å². The molecule has 0 saturated carbocycles. The summed E-state index contributed by atoms with van der Waals surface area (Å²) in [4.78, 5) is 7.54. The molecule has 5 rings (SSSR count). The number of aromatic nitrogens is 3. The average Bonchev–Trinajstić information content (AvgIpc) is 3.25. The molecular formula is C24H27F5N6. The lowest BCUT2D eigenvalue weighted by atomic mass is 9.83. The molecule has 0 aliphatic carbocycles. The van der Waals surface area contributed by atoms with Crippen molar-refractivity contribution in [2.24, 2.45) is 0 Å². The predicted molar refractivity (Wildman–Crippen MR) is 123 cm³/mol. The number of nitrogens with one attached hydrogen (secondary N) is 2. The number of rotatable bonds is 7. The molecular weight excluding hydrogens is 467 g/mol. The third-order valence-corrected chi connectivity index (χ3v) is 6.92. The van der Waals surface area contributed by atoms with Crippen LogP contribution in [0.15, 0.2) is 30.5 Å². The number of hydrogen-bond acceptors (Lipinski definition) is 5. The molecule has 0 unspecified atom stereocenters. The van der Waals surface area contributed by atoms with Crippen LogP contribution in [0.4, 0.5) is 27.8 Å². The van der Waals surface area contributed by atoms with Gasteiger partial charge in [-0.3, -0.25) is 19.3 Å². The van der Waals surface area contributed by atoms with Crippen LogP contribution in [0.3, 0.4) is 0 Å². The lowest BCUT2D eigenvalue weighted by molar-refractivity contribution is -0.155. The zero-order valence-corrected chi connectivity index (χ0v) is 19.2. The van der Waals surface area contributed by atoms with E-state index in [1.165, 1.54) is 17.0 Å². The van der Waals surface area contributed by atoms with Crippen molar-refractivity contribution in [3.8, 4) is 0 Å². The second-order valence-corrected chi connectivity index (χ2v) is 9.42. The van der Waals surface area contributed by atoms with Crippen LogP contribution in [-0.2, 0) is 6.42 Å². The fraction of sp³-hybridized carbons (Fsp3) is 0.500. The lowest BCUT2D eigenvalue weighted by Crippen LogP contribution is -2.55. The van der Waals surface area contributed by atoms with Crippen molar-refractivity contribution < 1.29 is 22.0 Å². The highest BCUT2D eigenvalue weighted by Gasteiger charge is 2.42. The second kappa shape index (κ2) is 9.34. The molecule has 0 amide bonds. The van der Waals surface area contributed by atoms with Crippen molar-refractivity contribution in [3.63, 3.8) is 0 Å². The summed E-state index contributed by atoms with van der Waals surface area (Å²) >= 11 is 0. The smallest absolute Gasteiger partial charge is 0.364 e. The van der Waals surface area contributed by atoms with E-state index in [1.807, 2.05) is 12.1 Å². The highest BCUT2D eigenvalue weighted by molar-refractivity contribution is 5.84. The van der Waals surface area contributed by atoms with E-state index >= 15 is 0 Å². The molecule has 188 valence electrons. The summed E-state index contributed by atoms with van der Waals surface area (Å²) < 4.78 is 67.7. The number of anilines is 1. The second-order valence-electron chi connectivity index (χ2n) is 9.42. The summed E-state index contributed by atoms with van der Waals surface area (Å²) in [7, 11) is 0. The summed E-state index contributed by atoms with van der Waals surface area (Å²) in [6.45, 7) is 2.20. The van der Waals surface area contributed by atoms with Gasteiger partial charge in [-0.2, -0.15) is 22.7 Å². The number of likely N-dealkylation sites (tertiary alicyclic amines) is 1. The van der Waals surface area contributed by atoms with E-state index < -0.39 is 30.8 Å². The SMILES string of the molecule is C[C@@H]1Cc2c(ccc3[nH]ncc23)[C@@H](c2ccc(F)nc2NC2CN(CCCF)C2)N1CC(F)(F)F. The molecule has 3 aromatic rings. The third-order valence-electron chi connectivity index (χ3n) is 6.92. The van der Waals surface area contributed by atoms with Crippen LogP contribution >= 0.6 is 0 Å². The first-order valence-electron chi connectivity index (χ1n) is 11.7. The Morgan fingerprint density at radius 2 is 1.91 bits per heavy atom. The van der Waals surface area contributed by atoms with Gasteiger partial charge >= 0.3 is 6.18 Å². The van der Waals surface area contributed by atoms with Crippen molar-refractivity contribution >= 4 is 16.7 Å². The molecule has 2 aromatic heterocycles. The molecule has 4 heterocycles. The van der Waals surface area contributed by atoms with Crippen LogP contribution in [0.25, 0.3) is 10.9 Å². The van der Waals surface area contributed by atoms with Gasteiger partial charge in [-0.05, 0) is 49.1 Å². The third kappa shape index (κ3) is 4.84. The number of nitrogens with zero attached hydrogens (tertiary/aromatic N) is 4. The van der Waals surface area contributed by atoms with Crippen LogP contribution in [0, 0.1) is 5.95 Å².